The quantitative estimate of drug-likeness (QED) is 0.820. The van der Waals surface area contributed by atoms with E-state index in [1.54, 1.807) is 6.92 Å². The predicted octanol–water partition coefficient (Wildman–Crippen LogP) is 2.13. The van der Waals surface area contributed by atoms with Gasteiger partial charge in [-0.1, -0.05) is 6.92 Å². The van der Waals surface area contributed by atoms with Crippen molar-refractivity contribution in [2.45, 2.75) is 52.0 Å². The third kappa shape index (κ3) is 2.68. The largest absolute Gasteiger partial charge is 0.481 e. The zero-order chi connectivity index (χ0) is 13.3. The standard InChI is InChI=1S/C14H23NO3/c1-9-6-11(8-14(17)18)12-4-3-5-15(10(2)16)13(12)7-9/h9,11-13H,3-8H2,1-2H3,(H,17,18)/t9-,11+,12-,13+/m0/s1. The van der Waals surface area contributed by atoms with Gasteiger partial charge in [-0.15, -0.1) is 0 Å². The van der Waals surface area contributed by atoms with E-state index < -0.39 is 5.97 Å². The van der Waals surface area contributed by atoms with Crippen LogP contribution in [0.1, 0.15) is 46.0 Å². The maximum absolute atomic E-state index is 11.7. The SMILES string of the molecule is CC(=O)N1CCC[C@H]2[C@@H](CC(=O)O)C[C@H](C)C[C@H]21. The maximum Gasteiger partial charge on any atom is 0.303 e. The number of piperidine rings is 1. The average Bonchev–Trinajstić information content (AvgIpc) is 2.26. The Hall–Kier alpha value is -1.06. The average molecular weight is 253 g/mol. The number of carbonyl (C=O) groups is 2. The summed E-state index contributed by atoms with van der Waals surface area (Å²) in [5.74, 6) is 0.615. The minimum absolute atomic E-state index is 0.146. The molecular formula is C14H23NO3. The van der Waals surface area contributed by atoms with Crippen molar-refractivity contribution in [1.82, 2.24) is 4.90 Å². The van der Waals surface area contributed by atoms with Gasteiger partial charge in [-0.3, -0.25) is 9.59 Å². The number of hydrogen-bond acceptors (Lipinski definition) is 2. The summed E-state index contributed by atoms with van der Waals surface area (Å²) < 4.78 is 0. The van der Waals surface area contributed by atoms with Crippen molar-refractivity contribution >= 4 is 11.9 Å². The van der Waals surface area contributed by atoms with Crippen LogP contribution in [0.3, 0.4) is 0 Å². The number of carboxylic acid groups (broad SMARTS) is 1. The molecule has 2 rings (SSSR count). The van der Waals surface area contributed by atoms with Crippen LogP contribution in [-0.2, 0) is 9.59 Å². The highest BCUT2D eigenvalue weighted by atomic mass is 16.4. The third-order valence-corrected chi connectivity index (χ3v) is 4.63. The van der Waals surface area contributed by atoms with Crippen LogP contribution < -0.4 is 0 Å². The topological polar surface area (TPSA) is 57.6 Å². The molecule has 2 aliphatic rings. The first-order valence-corrected chi connectivity index (χ1v) is 6.98. The zero-order valence-electron chi connectivity index (χ0n) is 11.3. The summed E-state index contributed by atoms with van der Waals surface area (Å²) in [6, 6.07) is 0.282. The van der Waals surface area contributed by atoms with E-state index in [2.05, 4.69) is 6.92 Å². The van der Waals surface area contributed by atoms with E-state index in [1.807, 2.05) is 4.90 Å². The molecule has 4 heteroatoms. The van der Waals surface area contributed by atoms with Crippen LogP contribution in [-0.4, -0.2) is 34.5 Å². The molecule has 0 aromatic rings. The second-order valence-electron chi connectivity index (χ2n) is 6.02. The van der Waals surface area contributed by atoms with E-state index in [1.165, 1.54) is 0 Å². The molecular weight excluding hydrogens is 230 g/mol. The van der Waals surface area contributed by atoms with Gasteiger partial charge in [0.2, 0.25) is 5.91 Å². The second-order valence-corrected chi connectivity index (χ2v) is 6.02. The fourth-order valence-electron chi connectivity index (χ4n) is 3.99. The number of fused-ring (bicyclic) bond motifs is 1. The fraction of sp³-hybridized carbons (Fsp3) is 0.857. The first-order chi connectivity index (χ1) is 8.49. The molecule has 1 aliphatic heterocycles. The number of carboxylic acids is 1. The number of amides is 1. The summed E-state index contributed by atoms with van der Waals surface area (Å²) in [6.07, 6.45) is 4.40. The first-order valence-electron chi connectivity index (χ1n) is 6.98. The highest BCUT2D eigenvalue weighted by molar-refractivity contribution is 5.73. The van der Waals surface area contributed by atoms with Gasteiger partial charge in [0, 0.05) is 25.9 Å². The van der Waals surface area contributed by atoms with E-state index in [0.717, 1.165) is 32.2 Å². The molecule has 1 aliphatic carbocycles. The smallest absolute Gasteiger partial charge is 0.303 e. The van der Waals surface area contributed by atoms with Gasteiger partial charge in [-0.25, -0.2) is 0 Å². The Kier molecular flexibility index (Phi) is 3.93. The second kappa shape index (κ2) is 5.29. The molecule has 0 aromatic carbocycles. The molecule has 1 saturated carbocycles. The van der Waals surface area contributed by atoms with E-state index in [-0.39, 0.29) is 24.3 Å². The Morgan fingerprint density at radius 1 is 1.33 bits per heavy atom. The molecule has 1 heterocycles. The van der Waals surface area contributed by atoms with E-state index in [4.69, 9.17) is 5.11 Å². The van der Waals surface area contributed by atoms with Gasteiger partial charge < -0.3 is 10.0 Å². The van der Waals surface area contributed by atoms with E-state index in [9.17, 15) is 9.59 Å². The lowest BCUT2D eigenvalue weighted by Gasteiger charge is -2.49. The normalized spacial score (nSPS) is 36.0. The number of rotatable bonds is 2. The molecule has 4 nitrogen and oxygen atoms in total. The van der Waals surface area contributed by atoms with Crippen LogP contribution >= 0.6 is 0 Å². The molecule has 0 bridgehead atoms. The van der Waals surface area contributed by atoms with Crippen molar-refractivity contribution in [2.75, 3.05) is 6.54 Å². The van der Waals surface area contributed by atoms with E-state index in [0.29, 0.717) is 11.8 Å². The van der Waals surface area contributed by atoms with Gasteiger partial charge in [0.25, 0.3) is 0 Å². The van der Waals surface area contributed by atoms with Crippen molar-refractivity contribution in [3.05, 3.63) is 0 Å². The van der Waals surface area contributed by atoms with Gasteiger partial charge in [0.15, 0.2) is 0 Å². The van der Waals surface area contributed by atoms with Crippen molar-refractivity contribution in [2.24, 2.45) is 17.8 Å². The summed E-state index contributed by atoms with van der Waals surface area (Å²) in [5.41, 5.74) is 0. The van der Waals surface area contributed by atoms with Crippen LogP contribution in [0.4, 0.5) is 0 Å². The molecule has 1 N–H and O–H groups in total. The number of carbonyl (C=O) groups excluding carboxylic acids is 1. The first kappa shape index (κ1) is 13.4. The van der Waals surface area contributed by atoms with Gasteiger partial charge in [-0.2, -0.15) is 0 Å². The van der Waals surface area contributed by atoms with Crippen LogP contribution in [0.25, 0.3) is 0 Å². The highest BCUT2D eigenvalue weighted by Gasteiger charge is 2.42. The van der Waals surface area contributed by atoms with Crippen LogP contribution in [0, 0.1) is 17.8 Å². The van der Waals surface area contributed by atoms with Gasteiger partial charge in [-0.05, 0) is 43.4 Å². The molecule has 0 aromatic heterocycles. The summed E-state index contributed by atoms with van der Waals surface area (Å²) in [7, 11) is 0. The van der Waals surface area contributed by atoms with Crippen LogP contribution in [0.5, 0.6) is 0 Å². The Morgan fingerprint density at radius 2 is 2.06 bits per heavy atom. The minimum Gasteiger partial charge on any atom is -0.481 e. The predicted molar refractivity (Wildman–Crippen MR) is 68.0 cm³/mol. The molecule has 4 atom stereocenters. The lowest BCUT2D eigenvalue weighted by Crippen LogP contribution is -2.53. The lowest BCUT2D eigenvalue weighted by atomic mass is 9.66. The van der Waals surface area contributed by atoms with Gasteiger partial charge >= 0.3 is 5.97 Å². The number of hydrogen-bond donors (Lipinski definition) is 1. The molecule has 1 saturated heterocycles. The summed E-state index contributed by atoms with van der Waals surface area (Å²) in [4.78, 5) is 24.7. The van der Waals surface area contributed by atoms with Gasteiger partial charge in [0.1, 0.15) is 0 Å². The van der Waals surface area contributed by atoms with Crippen molar-refractivity contribution in [1.29, 1.82) is 0 Å². The Bertz CT molecular complexity index is 342. The molecule has 1 amide bonds. The van der Waals surface area contributed by atoms with E-state index >= 15 is 0 Å². The maximum atomic E-state index is 11.7. The zero-order valence-corrected chi connectivity index (χ0v) is 11.3. The molecule has 0 radical (unpaired) electrons. The minimum atomic E-state index is -0.701. The van der Waals surface area contributed by atoms with Gasteiger partial charge in [0.05, 0.1) is 0 Å². The molecule has 2 fully saturated rings. The Morgan fingerprint density at radius 3 is 2.67 bits per heavy atom. The highest BCUT2D eigenvalue weighted by Crippen LogP contribution is 2.43. The Labute approximate surface area is 108 Å². The lowest BCUT2D eigenvalue weighted by molar-refractivity contribution is -0.141. The van der Waals surface area contributed by atoms with Crippen molar-refractivity contribution in [3.63, 3.8) is 0 Å². The van der Waals surface area contributed by atoms with Crippen LogP contribution in [0.2, 0.25) is 0 Å². The fourth-order valence-corrected chi connectivity index (χ4v) is 3.99. The summed E-state index contributed by atoms with van der Waals surface area (Å²) >= 11 is 0. The number of aliphatic carboxylic acids is 1. The monoisotopic (exact) mass is 253 g/mol. The third-order valence-electron chi connectivity index (χ3n) is 4.63. The summed E-state index contributed by atoms with van der Waals surface area (Å²) in [5, 5.41) is 9.04. The molecule has 18 heavy (non-hydrogen) atoms. The molecule has 0 spiro atoms. The van der Waals surface area contributed by atoms with Crippen molar-refractivity contribution in [3.8, 4) is 0 Å². The Balaban J connectivity index is 2.15. The number of likely N-dealkylation sites (tertiary alicyclic amines) is 1. The summed E-state index contributed by atoms with van der Waals surface area (Å²) in [6.45, 7) is 4.66. The molecule has 0 unspecified atom stereocenters. The molecule has 102 valence electrons. The van der Waals surface area contributed by atoms with Crippen LogP contribution in [0.15, 0.2) is 0 Å². The number of nitrogens with zero attached hydrogens (tertiary/aromatic N) is 1. The van der Waals surface area contributed by atoms with Crippen molar-refractivity contribution < 1.29 is 14.7 Å².